The molecule has 82 valence electrons. The topological polar surface area (TPSA) is 3.24 Å². The highest BCUT2D eigenvalue weighted by Gasteiger charge is 2.28. The van der Waals surface area contributed by atoms with E-state index >= 15 is 0 Å². The minimum Gasteiger partial charge on any atom is -0.294 e. The normalized spacial score (nSPS) is 22.5. The standard InChI is InChI=1S/C13H18ClN/c1-10(2)15-9-5-8-13(15)11-6-3-4-7-12(11)14/h3-4,6-7,10,13H,5,8-9H2,1-2H3. The summed E-state index contributed by atoms with van der Waals surface area (Å²) in [5.41, 5.74) is 1.30. The lowest BCUT2D eigenvalue weighted by molar-refractivity contribution is 0.205. The van der Waals surface area contributed by atoms with Gasteiger partial charge in [0.2, 0.25) is 0 Å². The van der Waals surface area contributed by atoms with Crippen LogP contribution in [0.15, 0.2) is 24.3 Å². The van der Waals surface area contributed by atoms with Crippen LogP contribution in [0.2, 0.25) is 5.02 Å². The van der Waals surface area contributed by atoms with E-state index in [0.717, 1.165) is 5.02 Å². The monoisotopic (exact) mass is 223 g/mol. The molecule has 1 fully saturated rings. The van der Waals surface area contributed by atoms with Crippen LogP contribution in [0, 0.1) is 0 Å². The molecule has 0 aliphatic carbocycles. The summed E-state index contributed by atoms with van der Waals surface area (Å²) in [5.74, 6) is 0. The van der Waals surface area contributed by atoms with Gasteiger partial charge in [-0.1, -0.05) is 29.8 Å². The number of likely N-dealkylation sites (tertiary alicyclic amines) is 1. The summed E-state index contributed by atoms with van der Waals surface area (Å²) in [4.78, 5) is 2.54. The van der Waals surface area contributed by atoms with Gasteiger partial charge in [0.25, 0.3) is 0 Å². The van der Waals surface area contributed by atoms with Crippen LogP contribution in [0.4, 0.5) is 0 Å². The van der Waals surface area contributed by atoms with Gasteiger partial charge in [-0.05, 0) is 44.9 Å². The molecule has 0 spiro atoms. The summed E-state index contributed by atoms with van der Waals surface area (Å²) in [6.45, 7) is 5.72. The summed E-state index contributed by atoms with van der Waals surface area (Å²) < 4.78 is 0. The SMILES string of the molecule is CC(C)N1CCCC1c1ccccc1Cl. The van der Waals surface area contributed by atoms with Crippen molar-refractivity contribution in [3.63, 3.8) is 0 Å². The first-order valence-corrected chi connectivity index (χ1v) is 6.08. The van der Waals surface area contributed by atoms with Crippen molar-refractivity contribution in [2.45, 2.75) is 38.8 Å². The Morgan fingerprint density at radius 1 is 1.33 bits per heavy atom. The first kappa shape index (κ1) is 11.0. The minimum absolute atomic E-state index is 0.527. The van der Waals surface area contributed by atoms with E-state index in [0.29, 0.717) is 12.1 Å². The highest BCUT2D eigenvalue weighted by atomic mass is 35.5. The predicted octanol–water partition coefficient (Wildman–Crippen LogP) is 3.89. The fraction of sp³-hybridized carbons (Fsp3) is 0.538. The molecule has 1 unspecified atom stereocenters. The summed E-state index contributed by atoms with van der Waals surface area (Å²) >= 11 is 6.25. The molecular weight excluding hydrogens is 206 g/mol. The number of hydrogen-bond acceptors (Lipinski definition) is 1. The van der Waals surface area contributed by atoms with Gasteiger partial charge in [-0.25, -0.2) is 0 Å². The van der Waals surface area contributed by atoms with Crippen LogP contribution in [0.5, 0.6) is 0 Å². The summed E-state index contributed by atoms with van der Waals surface area (Å²) in [6.07, 6.45) is 2.52. The van der Waals surface area contributed by atoms with E-state index in [9.17, 15) is 0 Å². The number of rotatable bonds is 2. The molecule has 1 saturated heterocycles. The third-order valence-corrected chi connectivity index (χ3v) is 3.57. The Bertz CT molecular complexity index is 335. The predicted molar refractivity (Wildman–Crippen MR) is 65.3 cm³/mol. The lowest BCUT2D eigenvalue weighted by atomic mass is 10.0. The molecule has 0 radical (unpaired) electrons. The van der Waals surface area contributed by atoms with Crippen LogP contribution in [0.25, 0.3) is 0 Å². The zero-order valence-electron chi connectivity index (χ0n) is 9.41. The minimum atomic E-state index is 0.527. The van der Waals surface area contributed by atoms with Crippen molar-refractivity contribution < 1.29 is 0 Å². The van der Waals surface area contributed by atoms with E-state index in [1.807, 2.05) is 12.1 Å². The van der Waals surface area contributed by atoms with Crippen LogP contribution >= 0.6 is 11.6 Å². The van der Waals surface area contributed by atoms with Crippen molar-refractivity contribution in [2.75, 3.05) is 6.54 Å². The molecule has 1 aliphatic rings. The Morgan fingerprint density at radius 2 is 2.07 bits per heavy atom. The van der Waals surface area contributed by atoms with Crippen molar-refractivity contribution in [1.82, 2.24) is 4.90 Å². The zero-order valence-corrected chi connectivity index (χ0v) is 10.2. The van der Waals surface area contributed by atoms with Gasteiger partial charge >= 0.3 is 0 Å². The average molecular weight is 224 g/mol. The molecule has 0 N–H and O–H groups in total. The van der Waals surface area contributed by atoms with Gasteiger partial charge < -0.3 is 0 Å². The molecule has 1 aromatic carbocycles. The van der Waals surface area contributed by atoms with Crippen molar-refractivity contribution in [3.8, 4) is 0 Å². The third kappa shape index (κ3) is 2.19. The van der Waals surface area contributed by atoms with E-state index in [4.69, 9.17) is 11.6 Å². The molecule has 0 aromatic heterocycles. The van der Waals surface area contributed by atoms with E-state index in [1.165, 1.54) is 24.9 Å². The maximum atomic E-state index is 6.25. The van der Waals surface area contributed by atoms with Crippen molar-refractivity contribution in [1.29, 1.82) is 0 Å². The zero-order chi connectivity index (χ0) is 10.8. The highest BCUT2D eigenvalue weighted by molar-refractivity contribution is 6.31. The maximum absolute atomic E-state index is 6.25. The molecule has 0 bridgehead atoms. The molecule has 0 saturated carbocycles. The first-order valence-electron chi connectivity index (χ1n) is 5.70. The van der Waals surface area contributed by atoms with Gasteiger partial charge in [-0.3, -0.25) is 4.90 Å². The molecule has 0 amide bonds. The summed E-state index contributed by atoms with van der Waals surface area (Å²) in [5, 5.41) is 0.912. The van der Waals surface area contributed by atoms with Crippen LogP contribution in [-0.2, 0) is 0 Å². The lowest BCUT2D eigenvalue weighted by Gasteiger charge is -2.29. The molecule has 1 aromatic rings. The van der Waals surface area contributed by atoms with E-state index < -0.39 is 0 Å². The van der Waals surface area contributed by atoms with E-state index in [2.05, 4.69) is 30.9 Å². The molecule has 15 heavy (non-hydrogen) atoms. The fourth-order valence-electron chi connectivity index (χ4n) is 2.49. The third-order valence-electron chi connectivity index (χ3n) is 3.22. The van der Waals surface area contributed by atoms with Crippen molar-refractivity contribution >= 4 is 11.6 Å². The Balaban J connectivity index is 2.27. The van der Waals surface area contributed by atoms with Crippen LogP contribution in [0.1, 0.15) is 38.3 Å². The molecule has 1 heterocycles. The van der Waals surface area contributed by atoms with Crippen LogP contribution in [0.3, 0.4) is 0 Å². The highest BCUT2D eigenvalue weighted by Crippen LogP contribution is 2.36. The second-order valence-corrected chi connectivity index (χ2v) is 4.92. The first-order chi connectivity index (χ1) is 7.20. The second kappa shape index (κ2) is 4.54. The molecular formula is C13H18ClN. The van der Waals surface area contributed by atoms with Crippen molar-refractivity contribution in [3.05, 3.63) is 34.9 Å². The number of halogens is 1. The summed E-state index contributed by atoms with van der Waals surface area (Å²) in [7, 11) is 0. The average Bonchev–Trinajstić information content (AvgIpc) is 2.67. The van der Waals surface area contributed by atoms with E-state index in [1.54, 1.807) is 0 Å². The maximum Gasteiger partial charge on any atom is 0.0453 e. The number of nitrogens with zero attached hydrogens (tertiary/aromatic N) is 1. The van der Waals surface area contributed by atoms with Gasteiger partial charge in [0.1, 0.15) is 0 Å². The summed E-state index contributed by atoms with van der Waals surface area (Å²) in [6, 6.07) is 9.37. The second-order valence-electron chi connectivity index (χ2n) is 4.51. The van der Waals surface area contributed by atoms with Gasteiger partial charge in [-0.2, -0.15) is 0 Å². The van der Waals surface area contributed by atoms with E-state index in [-0.39, 0.29) is 0 Å². The van der Waals surface area contributed by atoms with Crippen LogP contribution < -0.4 is 0 Å². The Morgan fingerprint density at radius 3 is 2.73 bits per heavy atom. The molecule has 1 atom stereocenters. The molecule has 2 heteroatoms. The lowest BCUT2D eigenvalue weighted by Crippen LogP contribution is -2.30. The number of benzene rings is 1. The van der Waals surface area contributed by atoms with Gasteiger partial charge in [-0.15, -0.1) is 0 Å². The largest absolute Gasteiger partial charge is 0.294 e. The van der Waals surface area contributed by atoms with Crippen LogP contribution in [-0.4, -0.2) is 17.5 Å². The Hall–Kier alpha value is -0.530. The Kier molecular flexibility index (Phi) is 3.32. The molecule has 1 nitrogen and oxygen atoms in total. The smallest absolute Gasteiger partial charge is 0.0453 e. The molecule has 2 rings (SSSR count). The quantitative estimate of drug-likeness (QED) is 0.736. The number of hydrogen-bond donors (Lipinski definition) is 0. The Labute approximate surface area is 97.0 Å². The molecule has 1 aliphatic heterocycles. The van der Waals surface area contributed by atoms with Gasteiger partial charge in [0.05, 0.1) is 0 Å². The van der Waals surface area contributed by atoms with Gasteiger partial charge in [0.15, 0.2) is 0 Å². The van der Waals surface area contributed by atoms with Gasteiger partial charge in [0, 0.05) is 17.1 Å². The fourth-order valence-corrected chi connectivity index (χ4v) is 2.75. The van der Waals surface area contributed by atoms with Crippen molar-refractivity contribution in [2.24, 2.45) is 0 Å².